The van der Waals surface area contributed by atoms with E-state index in [0.29, 0.717) is 19.1 Å². The maximum Gasteiger partial charge on any atom is 0.246 e. The summed E-state index contributed by atoms with van der Waals surface area (Å²) in [5.74, 6) is 0.386. The second-order valence-electron chi connectivity index (χ2n) is 5.58. The fraction of sp³-hybridized carbons (Fsp3) is 0.733. The Hall–Kier alpha value is -0.980. The minimum absolute atomic E-state index is 0.0766. The van der Waals surface area contributed by atoms with Crippen LogP contribution in [0.3, 0.4) is 0 Å². The number of rotatable bonds is 8. The smallest absolute Gasteiger partial charge is 0.246 e. The number of carbonyl (C=O) groups is 1. The molecule has 1 aliphatic heterocycles. The number of hydrogen-bond acceptors (Lipinski definition) is 5. The number of thiazole rings is 1. The van der Waals surface area contributed by atoms with Crippen molar-refractivity contribution in [3.8, 4) is 0 Å². The molecule has 0 bridgehead atoms. The van der Waals surface area contributed by atoms with E-state index in [1.807, 2.05) is 0 Å². The SMILES string of the molecule is CC(C)c1nc(CCNC(=O)COCC2CCCO2)cs1. The van der Waals surface area contributed by atoms with E-state index in [1.165, 1.54) is 0 Å². The second-order valence-corrected chi connectivity index (χ2v) is 6.47. The molecule has 1 amide bonds. The fourth-order valence-electron chi connectivity index (χ4n) is 2.14. The van der Waals surface area contributed by atoms with Gasteiger partial charge in [-0.3, -0.25) is 4.79 Å². The zero-order valence-corrected chi connectivity index (χ0v) is 13.6. The number of ether oxygens (including phenoxy) is 2. The molecule has 2 rings (SSSR count). The lowest BCUT2D eigenvalue weighted by atomic mass is 10.2. The van der Waals surface area contributed by atoms with Gasteiger partial charge < -0.3 is 14.8 Å². The van der Waals surface area contributed by atoms with Gasteiger partial charge in [0.15, 0.2) is 0 Å². The van der Waals surface area contributed by atoms with Gasteiger partial charge in [-0.2, -0.15) is 0 Å². The Morgan fingerprint density at radius 3 is 3.14 bits per heavy atom. The summed E-state index contributed by atoms with van der Waals surface area (Å²) >= 11 is 1.68. The Morgan fingerprint density at radius 2 is 2.48 bits per heavy atom. The van der Waals surface area contributed by atoms with Gasteiger partial charge in [-0.05, 0) is 12.8 Å². The highest BCUT2D eigenvalue weighted by Gasteiger charge is 2.15. The first-order chi connectivity index (χ1) is 10.1. The first-order valence-corrected chi connectivity index (χ1v) is 8.43. The first-order valence-electron chi connectivity index (χ1n) is 7.55. The number of carbonyl (C=O) groups excluding carboxylic acids is 1. The number of hydrogen-bond donors (Lipinski definition) is 1. The van der Waals surface area contributed by atoms with Gasteiger partial charge in [0.25, 0.3) is 0 Å². The lowest BCUT2D eigenvalue weighted by Crippen LogP contribution is -2.30. The number of nitrogens with zero attached hydrogens (tertiary/aromatic N) is 1. The van der Waals surface area contributed by atoms with Crippen molar-refractivity contribution < 1.29 is 14.3 Å². The molecule has 0 aromatic carbocycles. The zero-order valence-electron chi connectivity index (χ0n) is 12.8. The molecular weight excluding hydrogens is 288 g/mol. The Kier molecular flexibility index (Phi) is 6.60. The minimum atomic E-state index is -0.0766. The van der Waals surface area contributed by atoms with Crippen molar-refractivity contribution in [3.63, 3.8) is 0 Å². The van der Waals surface area contributed by atoms with E-state index < -0.39 is 0 Å². The molecule has 1 unspecified atom stereocenters. The Balaban J connectivity index is 1.55. The van der Waals surface area contributed by atoms with Gasteiger partial charge >= 0.3 is 0 Å². The largest absolute Gasteiger partial charge is 0.376 e. The molecule has 0 aliphatic carbocycles. The van der Waals surface area contributed by atoms with Crippen LogP contribution < -0.4 is 5.32 Å². The van der Waals surface area contributed by atoms with Crippen molar-refractivity contribution >= 4 is 17.2 Å². The van der Waals surface area contributed by atoms with Gasteiger partial charge in [0.1, 0.15) is 6.61 Å². The molecule has 0 saturated carbocycles. The van der Waals surface area contributed by atoms with E-state index >= 15 is 0 Å². The van der Waals surface area contributed by atoms with Crippen molar-refractivity contribution in [2.45, 2.75) is 45.1 Å². The van der Waals surface area contributed by atoms with Gasteiger partial charge in [-0.1, -0.05) is 13.8 Å². The highest BCUT2D eigenvalue weighted by atomic mass is 32.1. The van der Waals surface area contributed by atoms with E-state index in [4.69, 9.17) is 9.47 Å². The summed E-state index contributed by atoms with van der Waals surface area (Å²) in [5.41, 5.74) is 1.05. The van der Waals surface area contributed by atoms with Crippen molar-refractivity contribution in [2.75, 3.05) is 26.4 Å². The van der Waals surface area contributed by atoms with Gasteiger partial charge in [0, 0.05) is 30.9 Å². The monoisotopic (exact) mass is 312 g/mol. The van der Waals surface area contributed by atoms with Crippen molar-refractivity contribution in [1.82, 2.24) is 10.3 Å². The average Bonchev–Trinajstić information content (AvgIpc) is 3.09. The normalized spacial score (nSPS) is 18.3. The molecule has 118 valence electrons. The highest BCUT2D eigenvalue weighted by molar-refractivity contribution is 7.09. The standard InChI is InChI=1S/C15H24N2O3S/c1-11(2)15-17-12(10-21-15)5-6-16-14(18)9-19-8-13-4-3-7-20-13/h10-11,13H,3-9H2,1-2H3,(H,16,18). The van der Waals surface area contributed by atoms with Crippen LogP contribution in [0.2, 0.25) is 0 Å². The quantitative estimate of drug-likeness (QED) is 0.799. The van der Waals surface area contributed by atoms with Crippen LogP contribution in [0.25, 0.3) is 0 Å². The van der Waals surface area contributed by atoms with Crippen molar-refractivity contribution in [2.24, 2.45) is 0 Å². The van der Waals surface area contributed by atoms with Gasteiger partial charge in [-0.15, -0.1) is 11.3 Å². The second kappa shape index (κ2) is 8.46. The number of nitrogens with one attached hydrogen (secondary N) is 1. The zero-order chi connectivity index (χ0) is 15.1. The van der Waals surface area contributed by atoms with Gasteiger partial charge in [-0.25, -0.2) is 4.98 Å². The van der Waals surface area contributed by atoms with Crippen LogP contribution in [-0.4, -0.2) is 43.4 Å². The summed E-state index contributed by atoms with van der Waals surface area (Å²) in [6, 6.07) is 0. The van der Waals surface area contributed by atoms with E-state index in [9.17, 15) is 4.79 Å². The molecule has 1 fully saturated rings. The molecular formula is C15H24N2O3S. The molecule has 1 aliphatic rings. The van der Waals surface area contributed by atoms with Crippen LogP contribution >= 0.6 is 11.3 Å². The summed E-state index contributed by atoms with van der Waals surface area (Å²) in [4.78, 5) is 16.2. The van der Waals surface area contributed by atoms with Gasteiger partial charge in [0.2, 0.25) is 5.91 Å². The molecule has 5 nitrogen and oxygen atoms in total. The maximum atomic E-state index is 11.6. The molecule has 1 saturated heterocycles. The summed E-state index contributed by atoms with van der Waals surface area (Å²) in [7, 11) is 0. The van der Waals surface area contributed by atoms with Crippen LogP contribution in [0, 0.1) is 0 Å². The third-order valence-corrected chi connectivity index (χ3v) is 4.52. The summed E-state index contributed by atoms with van der Waals surface area (Å²) in [6.45, 7) is 6.30. The third-order valence-electron chi connectivity index (χ3n) is 3.33. The summed E-state index contributed by atoms with van der Waals surface area (Å²) < 4.78 is 10.8. The molecule has 21 heavy (non-hydrogen) atoms. The van der Waals surface area contributed by atoms with Crippen LogP contribution in [0.15, 0.2) is 5.38 Å². The molecule has 1 N–H and O–H groups in total. The molecule has 2 heterocycles. The van der Waals surface area contributed by atoms with Crippen LogP contribution in [0.5, 0.6) is 0 Å². The number of aromatic nitrogens is 1. The molecule has 0 spiro atoms. The molecule has 6 heteroatoms. The minimum Gasteiger partial charge on any atom is -0.376 e. The average molecular weight is 312 g/mol. The van der Waals surface area contributed by atoms with Crippen molar-refractivity contribution in [3.05, 3.63) is 16.1 Å². The highest BCUT2D eigenvalue weighted by Crippen LogP contribution is 2.19. The Labute approximate surface area is 130 Å². The predicted molar refractivity (Wildman–Crippen MR) is 82.7 cm³/mol. The Bertz CT molecular complexity index is 442. The molecule has 1 aromatic heterocycles. The summed E-state index contributed by atoms with van der Waals surface area (Å²) in [6.07, 6.45) is 3.05. The molecule has 1 aromatic rings. The van der Waals surface area contributed by atoms with E-state index in [2.05, 4.69) is 29.5 Å². The van der Waals surface area contributed by atoms with Crippen LogP contribution in [0.4, 0.5) is 0 Å². The van der Waals surface area contributed by atoms with Crippen LogP contribution in [-0.2, 0) is 20.7 Å². The Morgan fingerprint density at radius 1 is 1.62 bits per heavy atom. The molecule has 1 atom stereocenters. The topological polar surface area (TPSA) is 60.5 Å². The number of amides is 1. The van der Waals surface area contributed by atoms with Gasteiger partial charge in [0.05, 0.1) is 23.4 Å². The third kappa shape index (κ3) is 5.73. The summed E-state index contributed by atoms with van der Waals surface area (Å²) in [5, 5.41) is 6.07. The lowest BCUT2D eigenvalue weighted by molar-refractivity contribution is -0.126. The van der Waals surface area contributed by atoms with E-state index in [1.54, 1.807) is 11.3 Å². The van der Waals surface area contributed by atoms with Crippen molar-refractivity contribution in [1.29, 1.82) is 0 Å². The van der Waals surface area contributed by atoms with Crippen LogP contribution in [0.1, 0.15) is 43.3 Å². The van der Waals surface area contributed by atoms with E-state index in [0.717, 1.165) is 36.6 Å². The lowest BCUT2D eigenvalue weighted by Gasteiger charge is -2.10. The first kappa shape index (κ1) is 16.4. The maximum absolute atomic E-state index is 11.6. The fourth-order valence-corrected chi connectivity index (χ4v) is 3.01. The predicted octanol–water partition coefficient (Wildman–Crippen LogP) is 2.12. The van der Waals surface area contributed by atoms with E-state index in [-0.39, 0.29) is 18.6 Å². The molecule has 0 radical (unpaired) electrons.